The molecule has 0 fully saturated rings. The van der Waals surface area contributed by atoms with Crippen molar-refractivity contribution in [2.24, 2.45) is 11.3 Å². The smallest absolute Gasteiger partial charge is 0.407 e. The van der Waals surface area contributed by atoms with Crippen molar-refractivity contribution < 1.29 is 33.8 Å². The first-order valence-corrected chi connectivity index (χ1v) is 18.2. The number of amides is 3. The summed E-state index contributed by atoms with van der Waals surface area (Å²) in [5, 5.41) is 15.9. The first-order chi connectivity index (χ1) is 25.0. The fourth-order valence-electron chi connectivity index (χ4n) is 7.39. The first kappa shape index (κ1) is 36.8. The van der Waals surface area contributed by atoms with Crippen LogP contribution in [0.4, 0.5) is 4.79 Å². The monoisotopic (exact) mass is 707 g/mol. The second-order valence-electron chi connectivity index (χ2n) is 15.1. The van der Waals surface area contributed by atoms with E-state index in [0.29, 0.717) is 25.8 Å². The van der Waals surface area contributed by atoms with Crippen molar-refractivity contribution in [3.8, 4) is 11.1 Å². The highest BCUT2D eigenvalue weighted by atomic mass is 16.6. The Hall–Kier alpha value is -4.96. The van der Waals surface area contributed by atoms with Gasteiger partial charge in [0.1, 0.15) is 19.3 Å². The Balaban J connectivity index is 1.12. The van der Waals surface area contributed by atoms with Crippen molar-refractivity contribution in [1.29, 1.82) is 0 Å². The lowest BCUT2D eigenvalue weighted by atomic mass is 9.86. The second-order valence-corrected chi connectivity index (χ2v) is 15.1. The highest BCUT2D eigenvalue weighted by Crippen LogP contribution is 2.44. The van der Waals surface area contributed by atoms with Crippen LogP contribution in [0.25, 0.3) is 11.1 Å². The van der Waals surface area contributed by atoms with Crippen LogP contribution in [0.2, 0.25) is 0 Å². The van der Waals surface area contributed by atoms with Gasteiger partial charge in [0.15, 0.2) is 0 Å². The molecule has 2 aliphatic heterocycles. The molecule has 0 unspecified atom stereocenters. The number of nitrogens with zero attached hydrogens (tertiary/aromatic N) is 1. The zero-order valence-corrected chi connectivity index (χ0v) is 30.2. The minimum atomic E-state index is -0.966. The molecule has 10 nitrogen and oxygen atoms in total. The van der Waals surface area contributed by atoms with Gasteiger partial charge in [0.2, 0.25) is 11.8 Å². The number of carbonyl (C=O) groups excluding carboxylic acids is 4. The van der Waals surface area contributed by atoms with Gasteiger partial charge in [0.05, 0.1) is 24.6 Å². The van der Waals surface area contributed by atoms with E-state index >= 15 is 0 Å². The Bertz CT molecular complexity index is 1770. The molecule has 2 heterocycles. The number of hydrogen-bond acceptors (Lipinski definition) is 7. The Morgan fingerprint density at radius 3 is 2.27 bits per heavy atom. The molecule has 0 spiro atoms. The molecular formula is C42H49N3O7. The van der Waals surface area contributed by atoms with Gasteiger partial charge in [-0.15, -0.1) is 0 Å². The molecule has 0 aromatic heterocycles. The number of allylic oxidation sites excluding steroid dienone is 2. The van der Waals surface area contributed by atoms with Gasteiger partial charge in [0, 0.05) is 18.9 Å². The number of esters is 1. The van der Waals surface area contributed by atoms with Gasteiger partial charge in [-0.1, -0.05) is 106 Å². The van der Waals surface area contributed by atoms with E-state index in [1.54, 1.807) is 4.90 Å². The van der Waals surface area contributed by atoms with Crippen molar-refractivity contribution in [3.63, 3.8) is 0 Å². The summed E-state index contributed by atoms with van der Waals surface area (Å²) in [6.07, 6.45) is 4.51. The molecule has 1 aliphatic carbocycles. The molecule has 3 aromatic carbocycles. The molecule has 0 saturated carbocycles. The van der Waals surface area contributed by atoms with Gasteiger partial charge in [-0.05, 0) is 64.5 Å². The zero-order chi connectivity index (χ0) is 36.8. The lowest BCUT2D eigenvalue weighted by molar-refractivity contribution is -0.148. The number of aliphatic hydroxyl groups is 1. The molecule has 52 heavy (non-hydrogen) atoms. The van der Waals surface area contributed by atoms with Crippen LogP contribution in [0.5, 0.6) is 0 Å². The maximum Gasteiger partial charge on any atom is 0.407 e. The minimum Gasteiger partial charge on any atom is -0.462 e. The molecule has 0 bridgehead atoms. The normalized spacial score (nSPS) is 22.3. The minimum absolute atomic E-state index is 0.0303. The third-order valence-electron chi connectivity index (χ3n) is 10.6. The number of alkyl carbamates (subject to hydrolysis) is 1. The van der Waals surface area contributed by atoms with Gasteiger partial charge < -0.3 is 30.1 Å². The van der Waals surface area contributed by atoms with Crippen LogP contribution >= 0.6 is 0 Å². The van der Waals surface area contributed by atoms with E-state index in [0.717, 1.165) is 33.4 Å². The largest absolute Gasteiger partial charge is 0.462 e. The van der Waals surface area contributed by atoms with Crippen molar-refractivity contribution >= 4 is 23.9 Å². The summed E-state index contributed by atoms with van der Waals surface area (Å²) < 4.78 is 11.5. The predicted octanol–water partition coefficient (Wildman–Crippen LogP) is 5.66. The van der Waals surface area contributed by atoms with E-state index in [1.165, 1.54) is 0 Å². The van der Waals surface area contributed by atoms with Crippen LogP contribution in [0.15, 0.2) is 84.9 Å². The van der Waals surface area contributed by atoms with Crippen LogP contribution < -0.4 is 10.6 Å². The number of carbonyl (C=O) groups is 4. The molecule has 3 N–H and O–H groups in total. The SMILES string of the molecule is CC(C)(C)[C@H]1COC(=O)[C@@H](NC(=O)OCC2c3ccccc3-c3ccccc32)CCC=CC[C@H](CC(=O)N2Cc3ccccc3C[C@H]2CO)C(=O)N1. The van der Waals surface area contributed by atoms with Gasteiger partial charge in [-0.25, -0.2) is 9.59 Å². The summed E-state index contributed by atoms with van der Waals surface area (Å²) in [4.78, 5) is 55.8. The average molecular weight is 708 g/mol. The Morgan fingerprint density at radius 1 is 0.942 bits per heavy atom. The zero-order valence-electron chi connectivity index (χ0n) is 30.2. The molecular weight excluding hydrogens is 658 g/mol. The van der Waals surface area contributed by atoms with Crippen LogP contribution in [-0.2, 0) is 36.8 Å². The van der Waals surface area contributed by atoms with Crippen molar-refractivity contribution in [3.05, 3.63) is 107 Å². The molecule has 3 aromatic rings. The molecule has 0 saturated heterocycles. The Morgan fingerprint density at radius 2 is 1.60 bits per heavy atom. The molecule has 10 heteroatoms. The number of benzene rings is 3. The van der Waals surface area contributed by atoms with E-state index in [4.69, 9.17) is 9.47 Å². The number of rotatable bonds is 6. The number of fused-ring (bicyclic) bond motifs is 4. The molecule has 3 amide bonds. The fourth-order valence-corrected chi connectivity index (χ4v) is 7.39. The van der Waals surface area contributed by atoms with Crippen LogP contribution in [0, 0.1) is 11.3 Å². The summed E-state index contributed by atoms with van der Waals surface area (Å²) in [7, 11) is 0. The number of ether oxygens (including phenoxy) is 2. The number of cyclic esters (lactones) is 1. The van der Waals surface area contributed by atoms with E-state index in [1.807, 2.05) is 93.6 Å². The van der Waals surface area contributed by atoms with Crippen molar-refractivity contribution in [2.75, 3.05) is 19.8 Å². The molecule has 6 rings (SSSR count). The third kappa shape index (κ3) is 8.39. The van der Waals surface area contributed by atoms with Crippen LogP contribution in [-0.4, -0.2) is 71.8 Å². The molecule has 274 valence electrons. The Kier molecular flexibility index (Phi) is 11.4. The second kappa shape index (κ2) is 16.2. The number of nitrogens with one attached hydrogen (secondary N) is 2. The highest BCUT2D eigenvalue weighted by molar-refractivity contribution is 5.87. The maximum atomic E-state index is 13.8. The quantitative estimate of drug-likeness (QED) is 0.223. The summed E-state index contributed by atoms with van der Waals surface area (Å²) >= 11 is 0. The lowest BCUT2D eigenvalue weighted by Gasteiger charge is -2.37. The fraction of sp³-hybridized carbons (Fsp3) is 0.429. The number of aliphatic hydroxyl groups excluding tert-OH is 1. The Labute approximate surface area is 305 Å². The lowest BCUT2D eigenvalue weighted by Crippen LogP contribution is -2.51. The summed E-state index contributed by atoms with van der Waals surface area (Å²) in [5.41, 5.74) is 6.08. The molecule has 4 atom stereocenters. The molecule has 0 radical (unpaired) electrons. The van der Waals surface area contributed by atoms with Gasteiger partial charge in [-0.2, -0.15) is 0 Å². The first-order valence-electron chi connectivity index (χ1n) is 18.2. The van der Waals surface area contributed by atoms with E-state index in [-0.39, 0.29) is 56.4 Å². The topological polar surface area (TPSA) is 134 Å². The standard InChI is InChI=1S/C42H49N3O7/c1-42(2,3)37-26-51-40(49)36(43-41(50)52-25-35-33-18-11-9-16-31(33)32-17-10-12-19-34(32)35)20-6-4-5-14-28(39(48)44-37)22-38(47)45-23-29-15-8-7-13-27(29)21-30(45)24-46/h4-5,7-13,15-19,28,30,35-37,46H,6,14,20-26H2,1-3H3,(H,43,50)(H,44,48)/t28-,30+,36+,37-/m1/s1. The maximum absolute atomic E-state index is 13.8. The van der Waals surface area contributed by atoms with E-state index < -0.39 is 35.5 Å². The van der Waals surface area contributed by atoms with Gasteiger partial charge in [0.25, 0.3) is 0 Å². The highest BCUT2D eigenvalue weighted by Gasteiger charge is 2.36. The van der Waals surface area contributed by atoms with E-state index in [2.05, 4.69) is 22.8 Å². The van der Waals surface area contributed by atoms with Crippen molar-refractivity contribution in [2.45, 2.75) is 83.5 Å². The van der Waals surface area contributed by atoms with Crippen LogP contribution in [0.3, 0.4) is 0 Å². The van der Waals surface area contributed by atoms with E-state index in [9.17, 15) is 24.3 Å². The summed E-state index contributed by atoms with van der Waals surface area (Å²) in [6, 6.07) is 22.2. The number of hydrogen-bond donors (Lipinski definition) is 3. The summed E-state index contributed by atoms with van der Waals surface area (Å²) in [6.45, 7) is 6.03. The van der Waals surface area contributed by atoms with Crippen LogP contribution in [0.1, 0.15) is 74.6 Å². The average Bonchev–Trinajstić information content (AvgIpc) is 3.46. The molecule has 3 aliphatic rings. The third-order valence-corrected chi connectivity index (χ3v) is 10.6. The summed E-state index contributed by atoms with van der Waals surface area (Å²) in [5.74, 6) is -1.91. The van der Waals surface area contributed by atoms with Gasteiger partial charge >= 0.3 is 12.1 Å². The van der Waals surface area contributed by atoms with Crippen molar-refractivity contribution in [1.82, 2.24) is 15.5 Å². The predicted molar refractivity (Wildman–Crippen MR) is 197 cm³/mol. The van der Waals surface area contributed by atoms with Gasteiger partial charge in [-0.3, -0.25) is 9.59 Å².